The van der Waals surface area contributed by atoms with E-state index in [2.05, 4.69) is 5.32 Å². The molecule has 1 fully saturated rings. The first kappa shape index (κ1) is 10.7. The van der Waals surface area contributed by atoms with E-state index >= 15 is 0 Å². The number of amides is 1. The molecular weight excluding hydrogens is 241 g/mol. The summed E-state index contributed by atoms with van der Waals surface area (Å²) in [6.45, 7) is 0. The summed E-state index contributed by atoms with van der Waals surface area (Å²) in [5.41, 5.74) is 2.39. The number of carbonyl (C=O) groups excluding carboxylic acids is 1. The number of para-hydroxylation sites is 1. The Morgan fingerprint density at radius 2 is 2.00 bits per heavy atom. The van der Waals surface area contributed by atoms with Crippen molar-refractivity contribution >= 4 is 11.6 Å². The van der Waals surface area contributed by atoms with Gasteiger partial charge in [0, 0.05) is 11.6 Å². The maximum absolute atomic E-state index is 13.3. The van der Waals surface area contributed by atoms with Crippen LogP contribution in [-0.2, 0) is 10.2 Å². The van der Waals surface area contributed by atoms with Crippen LogP contribution in [0, 0.1) is 5.82 Å². The van der Waals surface area contributed by atoms with Crippen LogP contribution < -0.4 is 5.32 Å². The second-order valence-corrected chi connectivity index (χ2v) is 5.28. The fourth-order valence-corrected chi connectivity index (χ4v) is 3.27. The van der Waals surface area contributed by atoms with Gasteiger partial charge in [0.2, 0.25) is 5.91 Å². The summed E-state index contributed by atoms with van der Waals surface area (Å²) in [7, 11) is 0. The van der Waals surface area contributed by atoms with Crippen LogP contribution in [-0.4, -0.2) is 5.91 Å². The SMILES string of the molecule is O=C1Nc2ccccc2[C@@]12C[C@H]2c1cccc(F)c1. The van der Waals surface area contributed by atoms with Crippen molar-refractivity contribution in [2.24, 2.45) is 0 Å². The molecule has 94 valence electrons. The molecular formula is C16H12FNO. The largest absolute Gasteiger partial charge is 0.325 e. The van der Waals surface area contributed by atoms with Crippen molar-refractivity contribution in [1.82, 2.24) is 0 Å². The molecule has 2 nitrogen and oxygen atoms in total. The van der Waals surface area contributed by atoms with E-state index in [9.17, 15) is 9.18 Å². The molecule has 0 bridgehead atoms. The van der Waals surface area contributed by atoms with Gasteiger partial charge in [0.15, 0.2) is 0 Å². The zero-order valence-corrected chi connectivity index (χ0v) is 10.2. The number of anilines is 1. The number of nitrogens with one attached hydrogen (secondary N) is 1. The van der Waals surface area contributed by atoms with E-state index in [1.165, 1.54) is 12.1 Å². The fourth-order valence-electron chi connectivity index (χ4n) is 3.27. The van der Waals surface area contributed by atoms with Gasteiger partial charge in [-0.2, -0.15) is 0 Å². The fraction of sp³-hybridized carbons (Fsp3) is 0.188. The van der Waals surface area contributed by atoms with Gasteiger partial charge in [-0.3, -0.25) is 4.79 Å². The molecule has 1 aliphatic heterocycles. The van der Waals surface area contributed by atoms with E-state index in [1.54, 1.807) is 6.07 Å². The average Bonchev–Trinajstić information content (AvgIpc) is 3.09. The first-order valence-corrected chi connectivity index (χ1v) is 6.38. The minimum absolute atomic E-state index is 0.0444. The third kappa shape index (κ3) is 1.33. The van der Waals surface area contributed by atoms with Gasteiger partial charge in [-0.25, -0.2) is 4.39 Å². The van der Waals surface area contributed by atoms with E-state index in [0.717, 1.165) is 23.2 Å². The molecule has 0 radical (unpaired) electrons. The van der Waals surface area contributed by atoms with Gasteiger partial charge >= 0.3 is 0 Å². The van der Waals surface area contributed by atoms with E-state index in [1.807, 2.05) is 30.3 Å². The minimum atomic E-state index is -0.468. The van der Waals surface area contributed by atoms with E-state index in [-0.39, 0.29) is 17.6 Å². The van der Waals surface area contributed by atoms with Gasteiger partial charge in [-0.15, -0.1) is 0 Å². The lowest BCUT2D eigenvalue weighted by molar-refractivity contribution is -0.118. The Bertz CT molecular complexity index is 697. The quantitative estimate of drug-likeness (QED) is 0.830. The predicted octanol–water partition coefficient (Wildman–Crippen LogP) is 3.20. The molecule has 19 heavy (non-hydrogen) atoms. The molecule has 1 N–H and O–H groups in total. The molecule has 4 rings (SSSR count). The number of benzene rings is 2. The molecule has 0 unspecified atom stereocenters. The van der Waals surface area contributed by atoms with Gasteiger partial charge in [0.1, 0.15) is 5.82 Å². The third-order valence-corrected chi connectivity index (χ3v) is 4.27. The molecule has 2 aromatic carbocycles. The summed E-state index contributed by atoms with van der Waals surface area (Å²) < 4.78 is 13.3. The zero-order valence-electron chi connectivity index (χ0n) is 10.2. The standard InChI is InChI=1S/C16H12FNO/c17-11-5-3-4-10(8-11)13-9-16(13)12-6-1-2-7-14(12)18-15(16)19/h1-8,13H,9H2,(H,18,19)/t13-,16+/m0/s1. The van der Waals surface area contributed by atoms with Crippen molar-refractivity contribution in [3.8, 4) is 0 Å². The first-order valence-electron chi connectivity index (χ1n) is 6.38. The maximum Gasteiger partial charge on any atom is 0.235 e. The molecule has 2 aliphatic rings. The van der Waals surface area contributed by atoms with Crippen LogP contribution in [0.1, 0.15) is 23.5 Å². The Balaban J connectivity index is 1.80. The molecule has 1 saturated carbocycles. The highest BCUT2D eigenvalue weighted by molar-refractivity contribution is 6.09. The normalized spacial score (nSPS) is 27.2. The van der Waals surface area contributed by atoms with Crippen LogP contribution in [0.25, 0.3) is 0 Å². The first-order chi connectivity index (χ1) is 9.22. The lowest BCUT2D eigenvalue weighted by Crippen LogP contribution is -2.20. The number of hydrogen-bond acceptors (Lipinski definition) is 1. The summed E-state index contributed by atoms with van der Waals surface area (Å²) >= 11 is 0. The van der Waals surface area contributed by atoms with E-state index < -0.39 is 5.41 Å². The third-order valence-electron chi connectivity index (χ3n) is 4.27. The Morgan fingerprint density at radius 3 is 2.84 bits per heavy atom. The molecule has 0 aromatic heterocycles. The molecule has 2 aromatic rings. The highest BCUT2D eigenvalue weighted by Crippen LogP contribution is 2.64. The summed E-state index contributed by atoms with van der Waals surface area (Å²) in [5.74, 6) is -0.110. The summed E-state index contributed by atoms with van der Waals surface area (Å²) in [6.07, 6.45) is 0.763. The minimum Gasteiger partial charge on any atom is -0.325 e. The van der Waals surface area contributed by atoms with Crippen molar-refractivity contribution in [2.45, 2.75) is 17.8 Å². The van der Waals surface area contributed by atoms with Crippen LogP contribution in [0.2, 0.25) is 0 Å². The van der Waals surface area contributed by atoms with Crippen molar-refractivity contribution < 1.29 is 9.18 Å². The second-order valence-electron chi connectivity index (χ2n) is 5.28. The van der Waals surface area contributed by atoms with Gasteiger partial charge in [-0.05, 0) is 35.7 Å². The van der Waals surface area contributed by atoms with Crippen LogP contribution in [0.15, 0.2) is 48.5 Å². The van der Waals surface area contributed by atoms with E-state index in [0.29, 0.717) is 0 Å². The Kier molecular flexibility index (Phi) is 1.94. The Labute approximate surface area is 110 Å². The van der Waals surface area contributed by atoms with Gasteiger partial charge in [-0.1, -0.05) is 30.3 Å². The molecule has 1 aliphatic carbocycles. The smallest absolute Gasteiger partial charge is 0.235 e. The number of carbonyl (C=O) groups is 1. The summed E-state index contributed by atoms with van der Waals surface area (Å²) in [6, 6.07) is 14.3. The topological polar surface area (TPSA) is 29.1 Å². The Morgan fingerprint density at radius 1 is 1.16 bits per heavy atom. The molecule has 0 saturated heterocycles. The van der Waals surface area contributed by atoms with Gasteiger partial charge in [0.05, 0.1) is 5.41 Å². The maximum atomic E-state index is 13.3. The van der Waals surface area contributed by atoms with Gasteiger partial charge in [0.25, 0.3) is 0 Å². The van der Waals surface area contributed by atoms with Crippen LogP contribution in [0.5, 0.6) is 0 Å². The van der Waals surface area contributed by atoms with Crippen LogP contribution in [0.4, 0.5) is 10.1 Å². The Hall–Kier alpha value is -2.16. The average molecular weight is 253 g/mol. The van der Waals surface area contributed by atoms with Gasteiger partial charge < -0.3 is 5.32 Å². The number of rotatable bonds is 1. The molecule has 1 spiro atoms. The zero-order chi connectivity index (χ0) is 13.0. The van der Waals surface area contributed by atoms with Crippen molar-refractivity contribution in [3.05, 3.63) is 65.5 Å². The molecule has 1 amide bonds. The number of fused-ring (bicyclic) bond motifs is 2. The number of hydrogen-bond donors (Lipinski definition) is 1. The molecule has 2 atom stereocenters. The van der Waals surface area contributed by atoms with Crippen LogP contribution >= 0.6 is 0 Å². The molecule has 3 heteroatoms. The van der Waals surface area contributed by atoms with E-state index in [4.69, 9.17) is 0 Å². The monoisotopic (exact) mass is 253 g/mol. The summed E-state index contributed by atoms with van der Waals surface area (Å²) in [5, 5.41) is 2.93. The predicted molar refractivity (Wildman–Crippen MR) is 70.5 cm³/mol. The second kappa shape index (κ2) is 3.44. The lowest BCUT2D eigenvalue weighted by Gasteiger charge is -2.08. The van der Waals surface area contributed by atoms with Crippen molar-refractivity contribution in [1.29, 1.82) is 0 Å². The van der Waals surface area contributed by atoms with Crippen LogP contribution in [0.3, 0.4) is 0 Å². The molecule has 1 heterocycles. The number of halogens is 1. The highest BCUT2D eigenvalue weighted by atomic mass is 19.1. The van der Waals surface area contributed by atoms with Crippen molar-refractivity contribution in [3.63, 3.8) is 0 Å². The summed E-state index contributed by atoms with van der Waals surface area (Å²) in [4.78, 5) is 12.3. The highest BCUT2D eigenvalue weighted by Gasteiger charge is 2.64. The van der Waals surface area contributed by atoms with Crippen molar-refractivity contribution in [2.75, 3.05) is 5.32 Å². The lowest BCUT2D eigenvalue weighted by atomic mass is 9.92.